The van der Waals surface area contributed by atoms with Gasteiger partial charge in [0.15, 0.2) is 0 Å². The monoisotopic (exact) mass is 505 g/mol. The molecule has 3 N–H and O–H groups in total. The van der Waals surface area contributed by atoms with Crippen LogP contribution in [-0.2, 0) is 4.79 Å². The number of rotatable bonds is 6. The Balaban J connectivity index is 1.39. The molecule has 4 aromatic heterocycles. The number of benzene rings is 2. The Bertz CT molecular complexity index is 1800. The number of aromatic nitrogens is 5. The Morgan fingerprint density at radius 1 is 0.947 bits per heavy atom. The fourth-order valence-corrected chi connectivity index (χ4v) is 4.61. The highest BCUT2D eigenvalue weighted by Gasteiger charge is 2.16. The Morgan fingerprint density at radius 3 is 2.63 bits per heavy atom. The van der Waals surface area contributed by atoms with E-state index in [1.807, 2.05) is 56.6 Å². The summed E-state index contributed by atoms with van der Waals surface area (Å²) in [7, 11) is 3.67. The quantitative estimate of drug-likeness (QED) is 0.278. The van der Waals surface area contributed by atoms with E-state index in [9.17, 15) is 9.18 Å². The summed E-state index contributed by atoms with van der Waals surface area (Å²) < 4.78 is 14.6. The van der Waals surface area contributed by atoms with Crippen LogP contribution in [0.25, 0.3) is 55.6 Å². The van der Waals surface area contributed by atoms with Gasteiger partial charge in [-0.3, -0.25) is 19.9 Å². The smallest absolute Gasteiger partial charge is 0.238 e. The van der Waals surface area contributed by atoms with E-state index in [-0.39, 0.29) is 18.3 Å². The van der Waals surface area contributed by atoms with Crippen LogP contribution in [0.5, 0.6) is 0 Å². The van der Waals surface area contributed by atoms with Crippen molar-refractivity contribution < 1.29 is 9.18 Å². The van der Waals surface area contributed by atoms with E-state index in [0.717, 1.165) is 44.3 Å². The number of carbonyl (C=O) groups is 1. The van der Waals surface area contributed by atoms with Crippen molar-refractivity contribution in [3.8, 4) is 33.8 Å². The molecular formula is C29H24FN7O. The lowest BCUT2D eigenvalue weighted by Gasteiger charge is -2.10. The zero-order chi connectivity index (χ0) is 26.2. The van der Waals surface area contributed by atoms with E-state index in [4.69, 9.17) is 0 Å². The molecule has 2 aromatic carbocycles. The molecule has 0 aliphatic heterocycles. The van der Waals surface area contributed by atoms with Crippen LogP contribution in [0.4, 0.5) is 10.1 Å². The second kappa shape index (κ2) is 9.53. The van der Waals surface area contributed by atoms with Crippen LogP contribution in [0, 0.1) is 5.82 Å². The first-order chi connectivity index (χ1) is 18.5. The molecule has 4 heterocycles. The summed E-state index contributed by atoms with van der Waals surface area (Å²) in [6, 6.07) is 18.3. The van der Waals surface area contributed by atoms with Crippen molar-refractivity contribution >= 4 is 33.4 Å². The molecule has 0 bridgehead atoms. The summed E-state index contributed by atoms with van der Waals surface area (Å²) in [5, 5.41) is 12.2. The topological polar surface area (TPSA) is 103 Å². The molecule has 0 unspecified atom stereocenters. The third-order valence-electron chi connectivity index (χ3n) is 6.31. The van der Waals surface area contributed by atoms with Gasteiger partial charge >= 0.3 is 0 Å². The highest BCUT2D eigenvalue weighted by molar-refractivity contribution is 6.01. The predicted molar refractivity (Wildman–Crippen MR) is 147 cm³/mol. The van der Waals surface area contributed by atoms with Crippen molar-refractivity contribution in [3.05, 3.63) is 85.1 Å². The van der Waals surface area contributed by atoms with E-state index in [1.54, 1.807) is 35.6 Å². The fourth-order valence-electron chi connectivity index (χ4n) is 4.61. The standard InChI is InChI=1S/C29H24FN7O/c1-37(2)16-28(38)33-18-10-17(13-31-14-18)25-12-22-27(15-32-25)35-36-29(22)26-11-21-19(7-5-9-24(21)34-26)20-6-3-4-8-23(20)30/h3-15,34H,16H2,1-2H3,(H,33,38)(H,35,36). The number of aromatic amines is 2. The van der Waals surface area contributed by atoms with Gasteiger partial charge in [-0.2, -0.15) is 5.10 Å². The number of nitrogens with one attached hydrogen (secondary N) is 3. The molecule has 0 spiro atoms. The molecule has 0 aliphatic rings. The number of amides is 1. The lowest BCUT2D eigenvalue weighted by atomic mass is 10.0. The number of fused-ring (bicyclic) bond motifs is 2. The average molecular weight is 506 g/mol. The lowest BCUT2D eigenvalue weighted by Crippen LogP contribution is -2.27. The number of hydrogen-bond donors (Lipinski definition) is 3. The molecule has 0 radical (unpaired) electrons. The van der Waals surface area contributed by atoms with Gasteiger partial charge in [0, 0.05) is 33.6 Å². The first kappa shape index (κ1) is 23.5. The number of anilines is 1. The van der Waals surface area contributed by atoms with Gasteiger partial charge in [0.25, 0.3) is 0 Å². The summed E-state index contributed by atoms with van der Waals surface area (Å²) >= 11 is 0. The van der Waals surface area contributed by atoms with Gasteiger partial charge in [-0.25, -0.2) is 4.39 Å². The number of H-pyrrole nitrogens is 2. The van der Waals surface area contributed by atoms with Crippen LogP contribution < -0.4 is 5.32 Å². The third kappa shape index (κ3) is 4.39. The van der Waals surface area contributed by atoms with Gasteiger partial charge in [0.2, 0.25) is 5.91 Å². The summed E-state index contributed by atoms with van der Waals surface area (Å²) in [5.41, 5.74) is 6.60. The second-order valence-corrected chi connectivity index (χ2v) is 9.37. The Hall–Kier alpha value is -4.89. The molecule has 6 aromatic rings. The van der Waals surface area contributed by atoms with E-state index < -0.39 is 0 Å². The highest BCUT2D eigenvalue weighted by Crippen LogP contribution is 2.35. The zero-order valence-corrected chi connectivity index (χ0v) is 20.8. The molecule has 0 atom stereocenters. The lowest BCUT2D eigenvalue weighted by molar-refractivity contribution is -0.116. The van der Waals surface area contributed by atoms with Crippen LogP contribution in [0.3, 0.4) is 0 Å². The summed E-state index contributed by atoms with van der Waals surface area (Å²) in [4.78, 5) is 26.3. The van der Waals surface area contributed by atoms with Crippen LogP contribution in [-0.4, -0.2) is 56.6 Å². The Labute approximate surface area is 217 Å². The first-order valence-electron chi connectivity index (χ1n) is 12.1. The van der Waals surface area contributed by atoms with Gasteiger partial charge in [-0.15, -0.1) is 0 Å². The molecule has 0 saturated carbocycles. The normalized spacial score (nSPS) is 11.5. The highest BCUT2D eigenvalue weighted by atomic mass is 19.1. The second-order valence-electron chi connectivity index (χ2n) is 9.37. The molecule has 9 heteroatoms. The molecule has 0 fully saturated rings. The van der Waals surface area contributed by atoms with E-state index in [0.29, 0.717) is 16.9 Å². The first-order valence-corrected chi connectivity index (χ1v) is 12.1. The third-order valence-corrected chi connectivity index (χ3v) is 6.31. The maximum absolute atomic E-state index is 14.6. The predicted octanol–water partition coefficient (Wildman–Crippen LogP) is 5.47. The molecule has 188 valence electrons. The number of hydrogen-bond acceptors (Lipinski definition) is 5. The van der Waals surface area contributed by atoms with Crippen LogP contribution in [0.1, 0.15) is 0 Å². The maximum Gasteiger partial charge on any atom is 0.238 e. The van der Waals surface area contributed by atoms with Crippen LogP contribution >= 0.6 is 0 Å². The van der Waals surface area contributed by atoms with Gasteiger partial charge in [0.1, 0.15) is 11.5 Å². The number of likely N-dealkylation sites (N-methyl/N-ethyl adjacent to an activating group) is 1. The van der Waals surface area contributed by atoms with Crippen molar-refractivity contribution in [2.75, 3.05) is 26.0 Å². The van der Waals surface area contributed by atoms with Gasteiger partial charge < -0.3 is 15.2 Å². The fraction of sp³-hybridized carbons (Fsp3) is 0.103. The van der Waals surface area contributed by atoms with Crippen molar-refractivity contribution in [2.45, 2.75) is 0 Å². The van der Waals surface area contributed by atoms with Crippen LogP contribution in [0.15, 0.2) is 79.3 Å². The maximum atomic E-state index is 14.6. The minimum atomic E-state index is -0.266. The summed E-state index contributed by atoms with van der Waals surface area (Å²) in [6.07, 6.45) is 5.04. The largest absolute Gasteiger partial charge is 0.353 e. The van der Waals surface area contributed by atoms with Crippen molar-refractivity contribution in [1.82, 2.24) is 30.0 Å². The van der Waals surface area contributed by atoms with Gasteiger partial charge in [0.05, 0.1) is 41.5 Å². The number of pyridine rings is 2. The molecule has 0 aliphatic carbocycles. The molecule has 1 amide bonds. The van der Waals surface area contributed by atoms with E-state index >= 15 is 0 Å². The Morgan fingerprint density at radius 2 is 1.79 bits per heavy atom. The van der Waals surface area contributed by atoms with Gasteiger partial charge in [-0.1, -0.05) is 30.3 Å². The molecule has 8 nitrogen and oxygen atoms in total. The summed E-state index contributed by atoms with van der Waals surface area (Å²) in [5.74, 6) is -0.388. The number of halogens is 1. The number of carbonyl (C=O) groups excluding carboxylic acids is 1. The van der Waals surface area contributed by atoms with Gasteiger partial charge in [-0.05, 0) is 50.0 Å². The van der Waals surface area contributed by atoms with E-state index in [1.165, 1.54) is 6.07 Å². The SMILES string of the molecule is CN(C)CC(=O)Nc1cncc(-c2cc3c(-c4cc5c(-c6ccccc6F)cccc5[nH]4)n[nH]c3cn2)c1. The van der Waals surface area contributed by atoms with Crippen molar-refractivity contribution in [1.29, 1.82) is 0 Å². The van der Waals surface area contributed by atoms with E-state index in [2.05, 4.69) is 30.5 Å². The zero-order valence-electron chi connectivity index (χ0n) is 20.8. The average Bonchev–Trinajstić information content (AvgIpc) is 3.52. The van der Waals surface area contributed by atoms with Crippen molar-refractivity contribution in [2.24, 2.45) is 0 Å². The molecule has 6 rings (SSSR count). The van der Waals surface area contributed by atoms with Crippen molar-refractivity contribution in [3.63, 3.8) is 0 Å². The minimum absolute atomic E-state index is 0.122. The molecule has 0 saturated heterocycles. The minimum Gasteiger partial charge on any atom is -0.353 e. The summed E-state index contributed by atoms with van der Waals surface area (Å²) in [6.45, 7) is 0.274. The molecular weight excluding hydrogens is 481 g/mol. The number of nitrogens with zero attached hydrogens (tertiary/aromatic N) is 4. The Kier molecular flexibility index (Phi) is 5.89. The van der Waals surface area contributed by atoms with Crippen LogP contribution in [0.2, 0.25) is 0 Å². The molecule has 38 heavy (non-hydrogen) atoms.